The van der Waals surface area contributed by atoms with Crippen LogP contribution in [0.5, 0.6) is 0 Å². The van der Waals surface area contributed by atoms with Gasteiger partial charge in [-0.15, -0.1) is 0 Å². The standard InChI is InChI=1S/C53H45N/c1-40-20-30-47(31-21-40)52(45-14-6-4-7-15-45)18-10-12-43-26-36-50(37-27-43)54(49-34-24-42(3)25-35-49)51-38-28-44(29-39-51)13-11-19-53(46-16-8-5-9-17-46)48-32-22-41(2)23-33-48/h4-39H,1-3H3. The van der Waals surface area contributed by atoms with Gasteiger partial charge in [0.1, 0.15) is 0 Å². The molecule has 0 atom stereocenters. The molecule has 0 N–H and O–H groups in total. The minimum Gasteiger partial charge on any atom is -0.311 e. The third-order valence-electron chi connectivity index (χ3n) is 9.59. The quantitative estimate of drug-likeness (QED) is 0.122. The van der Waals surface area contributed by atoms with Gasteiger partial charge < -0.3 is 4.90 Å². The van der Waals surface area contributed by atoms with Crippen molar-refractivity contribution in [3.05, 3.63) is 256 Å². The molecular formula is C53H45N. The summed E-state index contributed by atoms with van der Waals surface area (Å²) in [7, 11) is 0. The van der Waals surface area contributed by atoms with Crippen molar-refractivity contribution in [3.8, 4) is 0 Å². The van der Waals surface area contributed by atoms with Crippen molar-refractivity contribution in [1.29, 1.82) is 0 Å². The number of hydrogen-bond acceptors (Lipinski definition) is 1. The van der Waals surface area contributed by atoms with E-state index in [4.69, 9.17) is 0 Å². The summed E-state index contributed by atoms with van der Waals surface area (Å²) in [5.41, 5.74) is 16.6. The lowest BCUT2D eigenvalue weighted by atomic mass is 9.96. The predicted molar refractivity (Wildman–Crippen MR) is 233 cm³/mol. The van der Waals surface area contributed by atoms with Crippen LogP contribution in [-0.4, -0.2) is 0 Å². The number of aryl methyl sites for hydroxylation is 3. The van der Waals surface area contributed by atoms with Crippen molar-refractivity contribution < 1.29 is 0 Å². The van der Waals surface area contributed by atoms with Crippen LogP contribution in [0.4, 0.5) is 17.1 Å². The monoisotopic (exact) mass is 695 g/mol. The van der Waals surface area contributed by atoms with Gasteiger partial charge in [-0.3, -0.25) is 0 Å². The Kier molecular flexibility index (Phi) is 11.4. The van der Waals surface area contributed by atoms with Gasteiger partial charge in [0.05, 0.1) is 0 Å². The lowest BCUT2D eigenvalue weighted by Gasteiger charge is -2.26. The van der Waals surface area contributed by atoms with Crippen molar-refractivity contribution in [2.45, 2.75) is 20.8 Å². The zero-order chi connectivity index (χ0) is 37.1. The van der Waals surface area contributed by atoms with Crippen LogP contribution in [0.2, 0.25) is 0 Å². The molecule has 262 valence electrons. The first-order chi connectivity index (χ1) is 26.5. The Balaban J connectivity index is 1.14. The van der Waals surface area contributed by atoms with E-state index < -0.39 is 0 Å². The highest BCUT2D eigenvalue weighted by atomic mass is 15.1. The Hall–Kier alpha value is -6.70. The second kappa shape index (κ2) is 17.2. The number of allylic oxidation sites excluding steroid dienone is 4. The van der Waals surface area contributed by atoms with Crippen LogP contribution < -0.4 is 4.90 Å². The maximum absolute atomic E-state index is 2.32. The first-order valence-electron chi connectivity index (χ1n) is 18.6. The van der Waals surface area contributed by atoms with Crippen LogP contribution in [0.25, 0.3) is 23.3 Å². The van der Waals surface area contributed by atoms with E-state index in [0.29, 0.717) is 0 Å². The van der Waals surface area contributed by atoms with Crippen molar-refractivity contribution in [1.82, 2.24) is 0 Å². The molecule has 0 amide bonds. The summed E-state index contributed by atoms with van der Waals surface area (Å²) >= 11 is 0. The van der Waals surface area contributed by atoms with Crippen LogP contribution in [0, 0.1) is 20.8 Å². The second-order valence-corrected chi connectivity index (χ2v) is 13.7. The molecule has 0 aromatic heterocycles. The third-order valence-corrected chi connectivity index (χ3v) is 9.59. The number of rotatable bonds is 11. The first kappa shape index (κ1) is 35.7. The van der Waals surface area contributed by atoms with Crippen molar-refractivity contribution in [2.24, 2.45) is 0 Å². The maximum atomic E-state index is 2.32. The number of hydrogen-bond donors (Lipinski definition) is 0. The fourth-order valence-corrected chi connectivity index (χ4v) is 6.54. The molecule has 0 fully saturated rings. The fourth-order valence-electron chi connectivity index (χ4n) is 6.54. The molecule has 1 heteroatoms. The van der Waals surface area contributed by atoms with Crippen LogP contribution in [0.3, 0.4) is 0 Å². The highest BCUT2D eigenvalue weighted by Crippen LogP contribution is 2.35. The molecular weight excluding hydrogens is 651 g/mol. The van der Waals surface area contributed by atoms with E-state index in [1.165, 1.54) is 50.1 Å². The van der Waals surface area contributed by atoms with Gasteiger partial charge in [0.25, 0.3) is 0 Å². The van der Waals surface area contributed by atoms with Crippen molar-refractivity contribution in [2.75, 3.05) is 4.90 Å². The summed E-state index contributed by atoms with van der Waals surface area (Å²) in [6.07, 6.45) is 13.1. The van der Waals surface area contributed by atoms with E-state index >= 15 is 0 Å². The molecule has 0 bridgehead atoms. The molecule has 7 aromatic carbocycles. The van der Waals surface area contributed by atoms with Crippen LogP contribution >= 0.6 is 0 Å². The second-order valence-electron chi connectivity index (χ2n) is 13.7. The van der Waals surface area contributed by atoms with Gasteiger partial charge in [-0.05, 0) is 102 Å². The summed E-state index contributed by atoms with van der Waals surface area (Å²) in [4.78, 5) is 2.32. The molecule has 0 saturated heterocycles. The fraction of sp³-hybridized carbons (Fsp3) is 0.0566. The third kappa shape index (κ3) is 9.02. The minimum absolute atomic E-state index is 1.10. The van der Waals surface area contributed by atoms with Crippen LogP contribution in [0.15, 0.2) is 206 Å². The molecule has 1 nitrogen and oxygen atoms in total. The first-order valence-corrected chi connectivity index (χ1v) is 18.6. The molecule has 7 rings (SSSR count). The van der Waals surface area contributed by atoms with Gasteiger partial charge in [-0.1, -0.05) is 199 Å². The van der Waals surface area contributed by atoms with Gasteiger partial charge in [-0.25, -0.2) is 0 Å². The van der Waals surface area contributed by atoms with E-state index in [9.17, 15) is 0 Å². The predicted octanol–water partition coefficient (Wildman–Crippen LogP) is 14.4. The molecule has 0 heterocycles. The molecule has 0 aliphatic carbocycles. The highest BCUT2D eigenvalue weighted by molar-refractivity contribution is 5.83. The number of nitrogens with zero attached hydrogens (tertiary/aromatic N) is 1. The van der Waals surface area contributed by atoms with Gasteiger partial charge in [0.2, 0.25) is 0 Å². The average molecular weight is 696 g/mol. The summed E-state index contributed by atoms with van der Waals surface area (Å²) in [6.45, 7) is 6.38. The number of anilines is 3. The van der Waals surface area contributed by atoms with Crippen LogP contribution in [0.1, 0.15) is 50.1 Å². The summed E-state index contributed by atoms with van der Waals surface area (Å²) in [5.74, 6) is 0. The SMILES string of the molecule is Cc1ccc(C(=CC=Cc2ccc(N(c3ccc(C)cc3)c3ccc(C=CC=C(c4ccccc4)c4ccc(C)cc4)cc3)cc2)c2ccccc2)cc1. The molecule has 0 aliphatic rings. The maximum Gasteiger partial charge on any atom is 0.0462 e. The lowest BCUT2D eigenvalue weighted by molar-refractivity contribution is 1.27. The van der Waals surface area contributed by atoms with E-state index in [-0.39, 0.29) is 0 Å². The van der Waals surface area contributed by atoms with Gasteiger partial charge in [0, 0.05) is 17.1 Å². The van der Waals surface area contributed by atoms with Gasteiger partial charge in [-0.2, -0.15) is 0 Å². The largest absolute Gasteiger partial charge is 0.311 e. The topological polar surface area (TPSA) is 3.24 Å². The Bertz CT molecular complexity index is 2220. The molecule has 0 saturated carbocycles. The minimum atomic E-state index is 1.10. The zero-order valence-corrected chi connectivity index (χ0v) is 31.2. The Morgan fingerprint density at radius 1 is 0.333 bits per heavy atom. The number of benzene rings is 7. The molecule has 0 unspecified atom stereocenters. The molecule has 0 radical (unpaired) electrons. The lowest BCUT2D eigenvalue weighted by Crippen LogP contribution is -2.09. The summed E-state index contributed by atoms with van der Waals surface area (Å²) in [6, 6.07) is 65.0. The van der Waals surface area contributed by atoms with Crippen LogP contribution in [-0.2, 0) is 0 Å². The Labute approximate surface area is 321 Å². The zero-order valence-electron chi connectivity index (χ0n) is 31.2. The van der Waals surface area contributed by atoms with Gasteiger partial charge in [0.15, 0.2) is 0 Å². The van der Waals surface area contributed by atoms with Crippen molar-refractivity contribution >= 4 is 40.4 Å². The van der Waals surface area contributed by atoms with Gasteiger partial charge >= 0.3 is 0 Å². The van der Waals surface area contributed by atoms with E-state index in [2.05, 4.69) is 244 Å². The normalized spacial score (nSPS) is 12.1. The van der Waals surface area contributed by atoms with E-state index in [1.807, 2.05) is 0 Å². The molecule has 0 spiro atoms. The summed E-state index contributed by atoms with van der Waals surface area (Å²) < 4.78 is 0. The molecule has 7 aromatic rings. The van der Waals surface area contributed by atoms with Crippen molar-refractivity contribution in [3.63, 3.8) is 0 Å². The Morgan fingerprint density at radius 2 is 0.630 bits per heavy atom. The highest BCUT2D eigenvalue weighted by Gasteiger charge is 2.12. The van der Waals surface area contributed by atoms with E-state index in [1.54, 1.807) is 0 Å². The smallest absolute Gasteiger partial charge is 0.0462 e. The Morgan fingerprint density at radius 3 is 0.981 bits per heavy atom. The summed E-state index contributed by atoms with van der Waals surface area (Å²) in [5, 5.41) is 0. The molecule has 0 aliphatic heterocycles. The van der Waals surface area contributed by atoms with E-state index in [0.717, 1.165) is 28.2 Å². The molecule has 54 heavy (non-hydrogen) atoms. The average Bonchev–Trinajstić information content (AvgIpc) is 3.22.